The van der Waals surface area contributed by atoms with Crippen LogP contribution in [0.15, 0.2) is 23.8 Å². The Morgan fingerprint density at radius 3 is 2.35 bits per heavy atom. The summed E-state index contributed by atoms with van der Waals surface area (Å²) in [6.07, 6.45) is 7.73. The Kier molecular flexibility index (Phi) is 8.28. The van der Waals surface area contributed by atoms with E-state index in [2.05, 4.69) is 59.8 Å². The number of ether oxygens (including phenoxy) is 3. The van der Waals surface area contributed by atoms with Crippen molar-refractivity contribution >= 4 is 11.9 Å². The van der Waals surface area contributed by atoms with Crippen LogP contribution in [0.1, 0.15) is 106 Å². The third-order valence-electron chi connectivity index (χ3n) is 18.0. The van der Waals surface area contributed by atoms with E-state index in [1.807, 2.05) is 0 Å². The van der Waals surface area contributed by atoms with E-state index in [1.165, 1.54) is 5.57 Å². The van der Waals surface area contributed by atoms with E-state index in [1.54, 1.807) is 7.11 Å². The van der Waals surface area contributed by atoms with Gasteiger partial charge in [0.15, 0.2) is 12.4 Å². The Bertz CT molecular complexity index is 1570. The normalized spacial score (nSPS) is 55.7. The molecule has 1 heterocycles. The van der Waals surface area contributed by atoms with Crippen LogP contribution in [0.4, 0.5) is 0 Å². The molecule has 0 aromatic carbocycles. The molecule has 8 aliphatic rings. The highest BCUT2D eigenvalue weighted by molar-refractivity contribution is 5.79. The van der Waals surface area contributed by atoms with Crippen LogP contribution in [0.5, 0.6) is 0 Å². The molecule has 2 bridgehead atoms. The molecule has 10 heteroatoms. The molecule has 17 unspecified atom stereocenters. The van der Waals surface area contributed by atoms with Gasteiger partial charge in [-0.15, -0.1) is 0 Å². The minimum Gasteiger partial charge on any atom is -0.481 e. The SMILES string of the molecule is COCC1CC2(C)CC=CC3(C2)C2=CC4CCC5CC(OC6OC(C(=O)O)C(O)C(O)C6O)C(C)(C)C6CCC(C)(C4C56C)C2(C)CCC13C(=O)O. The summed E-state index contributed by atoms with van der Waals surface area (Å²) in [5.41, 5.74) is -0.671. The van der Waals surface area contributed by atoms with Crippen LogP contribution in [0.2, 0.25) is 0 Å². The summed E-state index contributed by atoms with van der Waals surface area (Å²) >= 11 is 0. The fourth-order valence-corrected chi connectivity index (χ4v) is 15.7. The van der Waals surface area contributed by atoms with Gasteiger partial charge in [0.2, 0.25) is 0 Å². The van der Waals surface area contributed by atoms with Crippen molar-refractivity contribution < 1.29 is 49.3 Å². The molecule has 6 fully saturated rings. The van der Waals surface area contributed by atoms with Crippen LogP contribution in [-0.2, 0) is 23.8 Å². The molecule has 8 rings (SSSR count). The van der Waals surface area contributed by atoms with Crippen molar-refractivity contribution in [2.45, 2.75) is 143 Å². The zero-order chi connectivity index (χ0) is 37.6. The summed E-state index contributed by atoms with van der Waals surface area (Å²) < 4.78 is 18.0. The standard InChI is InChI=1S/C42H62O10/c1-36(2)25-11-14-39(5)32-22(9-10-23(40(25,32)6)18-27(36)51-34-30(45)28(43)29(44)31(52-34)33(46)47)17-26-38(39,4)15-16-42(35(48)49)24(20-50-7)19-37(3)12-8-13-41(26,42)21-37/h8,13,17,22-25,27-32,34,43-45H,9-12,14-16,18-21H2,1-7H3,(H,46,47)(H,48,49). The van der Waals surface area contributed by atoms with Crippen molar-refractivity contribution in [2.24, 2.45) is 67.5 Å². The lowest BCUT2D eigenvalue weighted by molar-refractivity contribution is -0.332. The zero-order valence-electron chi connectivity index (χ0n) is 32.1. The maximum absolute atomic E-state index is 13.9. The zero-order valence-corrected chi connectivity index (χ0v) is 32.1. The summed E-state index contributed by atoms with van der Waals surface area (Å²) in [5.74, 6) is -0.830. The second kappa shape index (κ2) is 11.6. The van der Waals surface area contributed by atoms with Gasteiger partial charge in [-0.3, -0.25) is 4.79 Å². The number of aliphatic hydroxyl groups is 3. The maximum atomic E-state index is 13.9. The van der Waals surface area contributed by atoms with Crippen LogP contribution in [0.25, 0.3) is 0 Å². The molecule has 10 nitrogen and oxygen atoms in total. The summed E-state index contributed by atoms with van der Waals surface area (Å²) in [4.78, 5) is 25.8. The van der Waals surface area contributed by atoms with E-state index in [9.17, 15) is 35.1 Å². The van der Waals surface area contributed by atoms with Gasteiger partial charge in [-0.05, 0) is 115 Å². The van der Waals surface area contributed by atoms with Gasteiger partial charge in [0, 0.05) is 18.4 Å². The highest BCUT2D eigenvalue weighted by Gasteiger charge is 2.77. The first kappa shape index (κ1) is 37.1. The van der Waals surface area contributed by atoms with E-state index in [-0.39, 0.29) is 45.0 Å². The van der Waals surface area contributed by atoms with E-state index in [0.29, 0.717) is 30.8 Å². The molecular weight excluding hydrogens is 664 g/mol. The minimum absolute atomic E-state index is 0.0195. The molecule has 1 saturated heterocycles. The Labute approximate surface area is 308 Å². The summed E-state index contributed by atoms with van der Waals surface area (Å²) in [5, 5.41) is 52.8. The van der Waals surface area contributed by atoms with Crippen LogP contribution >= 0.6 is 0 Å². The molecule has 52 heavy (non-hydrogen) atoms. The van der Waals surface area contributed by atoms with Gasteiger partial charge in [-0.1, -0.05) is 65.3 Å². The van der Waals surface area contributed by atoms with Gasteiger partial charge < -0.3 is 39.7 Å². The number of hydrogen-bond donors (Lipinski definition) is 5. The molecule has 17 atom stereocenters. The Morgan fingerprint density at radius 2 is 1.67 bits per heavy atom. The largest absolute Gasteiger partial charge is 0.481 e. The van der Waals surface area contributed by atoms with E-state index in [0.717, 1.165) is 57.8 Å². The van der Waals surface area contributed by atoms with E-state index in [4.69, 9.17) is 14.2 Å². The van der Waals surface area contributed by atoms with Crippen molar-refractivity contribution in [3.8, 4) is 0 Å². The van der Waals surface area contributed by atoms with Gasteiger partial charge in [0.05, 0.1) is 18.1 Å². The number of allylic oxidation sites excluding steroid dienone is 4. The third kappa shape index (κ3) is 4.40. The number of carboxylic acids is 2. The van der Waals surface area contributed by atoms with Gasteiger partial charge in [-0.2, -0.15) is 0 Å². The molecule has 1 aliphatic heterocycles. The number of fused-ring (bicyclic) bond motifs is 3. The summed E-state index contributed by atoms with van der Waals surface area (Å²) in [6.45, 7) is 14.9. The molecular formula is C42H62O10. The molecule has 0 aromatic rings. The molecule has 0 radical (unpaired) electrons. The Balaban J connectivity index is 1.19. The van der Waals surface area contributed by atoms with Crippen molar-refractivity contribution in [1.82, 2.24) is 0 Å². The van der Waals surface area contributed by atoms with E-state index >= 15 is 0 Å². The molecule has 5 N–H and O–H groups in total. The lowest BCUT2D eigenvalue weighted by Gasteiger charge is -2.77. The second-order valence-corrected chi connectivity index (χ2v) is 20.3. The number of hydrogen-bond acceptors (Lipinski definition) is 8. The number of carboxylic acid groups (broad SMARTS) is 2. The number of aliphatic hydroxyl groups excluding tert-OH is 3. The minimum atomic E-state index is -1.76. The number of methoxy groups -OCH3 is 1. The summed E-state index contributed by atoms with van der Waals surface area (Å²) in [7, 11) is 1.72. The van der Waals surface area contributed by atoms with Crippen molar-refractivity contribution in [3.63, 3.8) is 0 Å². The molecule has 1 spiro atoms. The lowest BCUT2D eigenvalue weighted by Crippen LogP contribution is -2.72. The van der Waals surface area contributed by atoms with Crippen LogP contribution < -0.4 is 0 Å². The Morgan fingerprint density at radius 1 is 0.942 bits per heavy atom. The van der Waals surface area contributed by atoms with Crippen molar-refractivity contribution in [3.05, 3.63) is 23.8 Å². The molecule has 5 saturated carbocycles. The van der Waals surface area contributed by atoms with Crippen molar-refractivity contribution in [2.75, 3.05) is 13.7 Å². The molecule has 7 aliphatic carbocycles. The Hall–Kier alpha value is -1.82. The number of aliphatic carboxylic acids is 2. The van der Waals surface area contributed by atoms with E-state index < -0.39 is 53.5 Å². The van der Waals surface area contributed by atoms with Crippen molar-refractivity contribution in [1.29, 1.82) is 0 Å². The molecule has 290 valence electrons. The van der Waals surface area contributed by atoms with Gasteiger partial charge in [0.25, 0.3) is 0 Å². The lowest BCUT2D eigenvalue weighted by atomic mass is 9.27. The maximum Gasteiger partial charge on any atom is 0.335 e. The first-order valence-corrected chi connectivity index (χ1v) is 20.0. The fourth-order valence-electron chi connectivity index (χ4n) is 15.7. The fraction of sp³-hybridized carbons (Fsp3) is 0.857. The molecule has 0 amide bonds. The van der Waals surface area contributed by atoms with Gasteiger partial charge in [0.1, 0.15) is 18.3 Å². The molecule has 0 aromatic heterocycles. The second-order valence-electron chi connectivity index (χ2n) is 20.3. The number of carbonyl (C=O) groups is 2. The van der Waals surface area contributed by atoms with Crippen LogP contribution in [0.3, 0.4) is 0 Å². The quantitative estimate of drug-likeness (QED) is 0.173. The highest BCUT2D eigenvalue weighted by Crippen LogP contribution is 2.82. The average molecular weight is 727 g/mol. The summed E-state index contributed by atoms with van der Waals surface area (Å²) in [6, 6.07) is 0. The van der Waals surface area contributed by atoms with Gasteiger partial charge >= 0.3 is 11.9 Å². The van der Waals surface area contributed by atoms with Crippen LogP contribution in [0, 0.1) is 67.5 Å². The third-order valence-corrected chi connectivity index (χ3v) is 18.0. The first-order chi connectivity index (χ1) is 24.3. The predicted octanol–water partition coefficient (Wildman–Crippen LogP) is 5.58. The van der Waals surface area contributed by atoms with Gasteiger partial charge in [-0.25, -0.2) is 4.79 Å². The first-order valence-electron chi connectivity index (χ1n) is 20.0. The average Bonchev–Trinajstić information content (AvgIpc) is 3.05. The monoisotopic (exact) mass is 726 g/mol. The number of rotatable bonds is 6. The highest BCUT2D eigenvalue weighted by atomic mass is 16.7. The smallest absolute Gasteiger partial charge is 0.335 e. The topological polar surface area (TPSA) is 163 Å². The van der Waals surface area contributed by atoms with Crippen LogP contribution in [-0.4, -0.2) is 88.0 Å². The predicted molar refractivity (Wildman–Crippen MR) is 191 cm³/mol.